The summed E-state index contributed by atoms with van der Waals surface area (Å²) in [5, 5.41) is 10.7. The van der Waals surface area contributed by atoms with E-state index in [1.54, 1.807) is 0 Å². The van der Waals surface area contributed by atoms with Gasteiger partial charge in [-0.25, -0.2) is 4.98 Å². The van der Waals surface area contributed by atoms with Crippen molar-refractivity contribution in [2.45, 2.75) is 90.1 Å². The van der Waals surface area contributed by atoms with Crippen LogP contribution in [0.4, 0.5) is 0 Å². The van der Waals surface area contributed by atoms with Crippen molar-refractivity contribution in [1.29, 1.82) is 0 Å². The van der Waals surface area contributed by atoms with Gasteiger partial charge in [-0.3, -0.25) is 0 Å². The van der Waals surface area contributed by atoms with E-state index in [4.69, 9.17) is 4.98 Å². The summed E-state index contributed by atoms with van der Waals surface area (Å²) in [7, 11) is 0. The normalized spacial score (nSPS) is 48.2. The predicted octanol–water partition coefficient (Wildman–Crippen LogP) is 6.21. The molecule has 4 fully saturated rings. The molecular weight excluding hydrogens is 368 g/mol. The molecule has 0 spiro atoms. The Kier molecular flexibility index (Phi) is 4.09. The molecular formula is C27H38N2O. The first-order valence-corrected chi connectivity index (χ1v) is 12.5. The fraction of sp³-hybridized carbons (Fsp3) is 0.741. The van der Waals surface area contributed by atoms with Gasteiger partial charge in [-0.1, -0.05) is 19.9 Å². The van der Waals surface area contributed by atoms with Gasteiger partial charge < -0.3 is 9.51 Å². The van der Waals surface area contributed by atoms with Crippen LogP contribution in [0.25, 0.3) is 5.65 Å². The number of aromatic nitrogens is 2. The first-order chi connectivity index (χ1) is 14.3. The fourth-order valence-electron chi connectivity index (χ4n) is 9.04. The lowest BCUT2D eigenvalue weighted by Crippen LogP contribution is -2.55. The average molecular weight is 407 g/mol. The summed E-state index contributed by atoms with van der Waals surface area (Å²) >= 11 is 0. The second-order valence-electron chi connectivity index (χ2n) is 12.2. The summed E-state index contributed by atoms with van der Waals surface area (Å²) in [5.41, 5.74) is 2.85. The Bertz CT molecular complexity index is 930. The van der Waals surface area contributed by atoms with Gasteiger partial charge in [0.05, 0.1) is 11.3 Å². The third-order valence-corrected chi connectivity index (χ3v) is 10.7. The second kappa shape index (κ2) is 6.34. The van der Waals surface area contributed by atoms with Crippen molar-refractivity contribution in [2.75, 3.05) is 0 Å². The summed E-state index contributed by atoms with van der Waals surface area (Å²) in [6.45, 7) is 7.28. The van der Waals surface area contributed by atoms with Crippen LogP contribution in [0.1, 0.15) is 90.2 Å². The molecule has 0 radical (unpaired) electrons. The molecule has 8 unspecified atom stereocenters. The lowest BCUT2D eigenvalue weighted by atomic mass is 9.44. The molecule has 1 N–H and O–H groups in total. The zero-order valence-corrected chi connectivity index (χ0v) is 19.0. The van der Waals surface area contributed by atoms with E-state index >= 15 is 0 Å². The number of aliphatic hydroxyl groups is 1. The van der Waals surface area contributed by atoms with E-state index in [0.717, 1.165) is 42.2 Å². The molecule has 0 amide bonds. The van der Waals surface area contributed by atoms with Gasteiger partial charge in [0, 0.05) is 18.3 Å². The van der Waals surface area contributed by atoms with Crippen molar-refractivity contribution in [3.8, 4) is 0 Å². The molecule has 6 rings (SSSR count). The molecule has 2 aromatic rings. The minimum atomic E-state index is -0.429. The van der Waals surface area contributed by atoms with Gasteiger partial charge >= 0.3 is 0 Å². The van der Waals surface area contributed by atoms with Crippen LogP contribution in [0, 0.1) is 34.5 Å². The molecule has 4 aliphatic carbocycles. The van der Waals surface area contributed by atoms with E-state index in [2.05, 4.69) is 55.8 Å². The van der Waals surface area contributed by atoms with E-state index in [0.29, 0.717) is 16.7 Å². The monoisotopic (exact) mass is 406 g/mol. The van der Waals surface area contributed by atoms with Gasteiger partial charge in [-0.15, -0.1) is 0 Å². The highest BCUT2D eigenvalue weighted by atomic mass is 16.3. The molecule has 2 aromatic heterocycles. The minimum Gasteiger partial charge on any atom is -0.390 e. The molecule has 3 heteroatoms. The highest BCUT2D eigenvalue weighted by Gasteiger charge is 2.61. The van der Waals surface area contributed by atoms with Crippen molar-refractivity contribution >= 4 is 5.65 Å². The van der Waals surface area contributed by atoms with E-state index in [1.807, 2.05) is 0 Å². The Morgan fingerprint density at radius 2 is 1.77 bits per heavy atom. The quantitative estimate of drug-likeness (QED) is 0.611. The Morgan fingerprint density at radius 3 is 2.60 bits per heavy atom. The molecule has 30 heavy (non-hydrogen) atoms. The molecule has 8 atom stereocenters. The summed E-state index contributed by atoms with van der Waals surface area (Å²) in [6, 6.07) is 6.33. The van der Waals surface area contributed by atoms with Crippen LogP contribution in [-0.2, 0) is 0 Å². The minimum absolute atomic E-state index is 0.405. The Hall–Kier alpha value is -1.35. The van der Waals surface area contributed by atoms with Gasteiger partial charge in [0.15, 0.2) is 0 Å². The van der Waals surface area contributed by atoms with E-state index in [9.17, 15) is 5.11 Å². The SMILES string of the molecule is CC1(O)CCC2(C)C(CCC3C2CCC2(C)C(c4cn5ccccc5n4)CCC32)C1. The average Bonchev–Trinajstić information content (AvgIpc) is 3.28. The van der Waals surface area contributed by atoms with E-state index in [-0.39, 0.29) is 0 Å². The van der Waals surface area contributed by atoms with Crippen molar-refractivity contribution in [2.24, 2.45) is 34.5 Å². The fourth-order valence-corrected chi connectivity index (χ4v) is 9.04. The molecule has 4 aliphatic rings. The number of imidazole rings is 1. The first-order valence-electron chi connectivity index (χ1n) is 12.5. The van der Waals surface area contributed by atoms with Crippen LogP contribution in [0.3, 0.4) is 0 Å². The van der Waals surface area contributed by atoms with E-state index < -0.39 is 5.60 Å². The highest BCUT2D eigenvalue weighted by Crippen LogP contribution is 2.69. The van der Waals surface area contributed by atoms with Gasteiger partial charge in [-0.2, -0.15) is 0 Å². The van der Waals surface area contributed by atoms with Crippen LogP contribution in [-0.4, -0.2) is 20.1 Å². The third kappa shape index (κ3) is 2.63. The molecule has 3 nitrogen and oxygen atoms in total. The van der Waals surface area contributed by atoms with E-state index in [1.165, 1.54) is 50.6 Å². The first kappa shape index (κ1) is 19.3. The van der Waals surface area contributed by atoms with Crippen molar-refractivity contribution in [3.05, 3.63) is 36.3 Å². The van der Waals surface area contributed by atoms with Gasteiger partial charge in [0.2, 0.25) is 0 Å². The number of hydrogen-bond donors (Lipinski definition) is 1. The van der Waals surface area contributed by atoms with Crippen molar-refractivity contribution in [3.63, 3.8) is 0 Å². The smallest absolute Gasteiger partial charge is 0.136 e. The number of fused-ring (bicyclic) bond motifs is 6. The predicted molar refractivity (Wildman–Crippen MR) is 120 cm³/mol. The number of rotatable bonds is 1. The van der Waals surface area contributed by atoms with Crippen LogP contribution in [0.5, 0.6) is 0 Å². The molecule has 2 heterocycles. The Morgan fingerprint density at radius 1 is 0.933 bits per heavy atom. The summed E-state index contributed by atoms with van der Waals surface area (Å²) in [6.07, 6.45) is 15.8. The second-order valence-corrected chi connectivity index (χ2v) is 12.2. The maximum Gasteiger partial charge on any atom is 0.136 e. The van der Waals surface area contributed by atoms with Gasteiger partial charge in [-0.05, 0) is 111 Å². The van der Waals surface area contributed by atoms with Crippen LogP contribution in [0.15, 0.2) is 30.6 Å². The van der Waals surface area contributed by atoms with Crippen LogP contribution >= 0.6 is 0 Å². The Balaban J connectivity index is 1.30. The van der Waals surface area contributed by atoms with Gasteiger partial charge in [0.1, 0.15) is 5.65 Å². The van der Waals surface area contributed by atoms with Crippen molar-refractivity contribution in [1.82, 2.24) is 9.38 Å². The molecule has 0 aromatic carbocycles. The standard InChI is InChI=1S/C27H38N2O/c1-25(30)13-14-26(2)18(16-25)7-8-19-20-9-10-22(27(20,3)12-11-21(19)26)23-17-29-15-5-4-6-24(29)28-23/h4-6,15,17-22,30H,7-14,16H2,1-3H3. The largest absolute Gasteiger partial charge is 0.390 e. The number of hydrogen-bond acceptors (Lipinski definition) is 2. The molecule has 4 saturated carbocycles. The zero-order valence-electron chi connectivity index (χ0n) is 19.0. The van der Waals surface area contributed by atoms with Gasteiger partial charge in [0.25, 0.3) is 0 Å². The van der Waals surface area contributed by atoms with Crippen molar-refractivity contribution < 1.29 is 5.11 Å². The Labute approximate surface area is 181 Å². The zero-order chi connectivity index (χ0) is 20.7. The molecule has 0 saturated heterocycles. The maximum atomic E-state index is 10.7. The van der Waals surface area contributed by atoms with Crippen LogP contribution < -0.4 is 0 Å². The maximum absolute atomic E-state index is 10.7. The third-order valence-electron chi connectivity index (χ3n) is 10.7. The molecule has 0 aliphatic heterocycles. The lowest BCUT2D eigenvalue weighted by molar-refractivity contribution is -0.143. The van der Waals surface area contributed by atoms with Crippen LogP contribution in [0.2, 0.25) is 0 Å². The summed E-state index contributed by atoms with van der Waals surface area (Å²) in [4.78, 5) is 5.07. The topological polar surface area (TPSA) is 37.5 Å². The lowest BCUT2D eigenvalue weighted by Gasteiger charge is -2.61. The molecule has 0 bridgehead atoms. The molecule has 162 valence electrons. The number of pyridine rings is 1. The summed E-state index contributed by atoms with van der Waals surface area (Å²) in [5.74, 6) is 3.94. The number of nitrogens with zero attached hydrogens (tertiary/aromatic N) is 2. The highest BCUT2D eigenvalue weighted by molar-refractivity contribution is 5.40. The summed E-state index contributed by atoms with van der Waals surface area (Å²) < 4.78 is 2.21.